The highest BCUT2D eigenvalue weighted by Gasteiger charge is 2.42. The van der Waals surface area contributed by atoms with E-state index >= 15 is 0 Å². The molecule has 3 aromatic carbocycles. The molecule has 0 fully saturated rings. The van der Waals surface area contributed by atoms with E-state index in [-0.39, 0.29) is 29.1 Å². The number of rotatable bonds is 19. The van der Waals surface area contributed by atoms with Crippen molar-refractivity contribution in [3.8, 4) is 5.75 Å². The number of unbranched alkanes of at least 4 members (excludes halogenated alkanes) is 2. The summed E-state index contributed by atoms with van der Waals surface area (Å²) in [5.74, 6) is -2.57. The van der Waals surface area contributed by atoms with Crippen LogP contribution in [0.4, 0.5) is 11.4 Å². The average Bonchev–Trinajstić information content (AvgIpc) is 3.24. The summed E-state index contributed by atoms with van der Waals surface area (Å²) in [4.78, 5) is 41.6. The molecule has 302 valence electrons. The number of anilines is 2. The van der Waals surface area contributed by atoms with Crippen molar-refractivity contribution in [2.24, 2.45) is 5.41 Å². The number of carbonyl (C=O) groups excluding carboxylic acids is 3. The predicted molar refractivity (Wildman–Crippen MR) is 215 cm³/mol. The van der Waals surface area contributed by atoms with E-state index in [4.69, 9.17) is 9.29 Å². The second-order valence-corrected chi connectivity index (χ2v) is 17.8. The maximum atomic E-state index is 14.4. The van der Waals surface area contributed by atoms with Gasteiger partial charge in [0.15, 0.2) is 16.4 Å². The minimum Gasteiger partial charge on any atom is -0.483 e. The van der Waals surface area contributed by atoms with Crippen LogP contribution < -0.4 is 31.7 Å². The summed E-state index contributed by atoms with van der Waals surface area (Å²) in [6, 6.07) is 20.2. The molecular weight excluding hydrogens is 767 g/mol. The number of nitrogens with one attached hydrogen (secondary N) is 3. The van der Waals surface area contributed by atoms with Crippen molar-refractivity contribution < 1.29 is 40.5 Å². The molecule has 0 aliphatic carbocycles. The number of thioether (sulfide) groups is 1. The van der Waals surface area contributed by atoms with Gasteiger partial charge < -0.3 is 31.7 Å². The van der Waals surface area contributed by atoms with E-state index in [2.05, 4.69) is 34.7 Å². The lowest BCUT2D eigenvalue weighted by Crippen LogP contribution is -2.45. The zero-order valence-electron chi connectivity index (χ0n) is 31.6. The molecule has 7 N–H and O–H groups in total. The topological polar surface area (TPSA) is 223 Å². The monoisotopic (exact) mass is 819 g/mol. The van der Waals surface area contributed by atoms with Crippen LogP contribution in [0.2, 0.25) is 0 Å². The minimum atomic E-state index is -4.28. The molecule has 1 aliphatic heterocycles. The molecule has 1 heterocycles. The van der Waals surface area contributed by atoms with E-state index in [9.17, 15) is 31.2 Å². The van der Waals surface area contributed by atoms with Crippen LogP contribution in [0.3, 0.4) is 0 Å². The maximum Gasteiger partial charge on any atom is 0.266 e. The summed E-state index contributed by atoms with van der Waals surface area (Å²) in [6.07, 6.45) is 7.10. The lowest BCUT2D eigenvalue weighted by atomic mass is 9.79. The van der Waals surface area contributed by atoms with Crippen LogP contribution in [0.5, 0.6) is 5.75 Å². The summed E-state index contributed by atoms with van der Waals surface area (Å²) in [5, 5.41) is 7.35. The highest BCUT2D eigenvalue weighted by Crippen LogP contribution is 2.47. The van der Waals surface area contributed by atoms with Crippen LogP contribution in [0.1, 0.15) is 64.0 Å². The highest BCUT2D eigenvalue weighted by atomic mass is 32.2. The standard InChI is InChI=1S/C38H50N4O9S3.H3N/c1-4-6-18-38(19-7-5-2)26-42(29-16-12-9-13-17-29)30-22-32(52-3)31(23-33(30)53(46,47)27-38)51-25-35(44)41-36(28-14-10-8-11-15-28)37(45)40-24-34(43)39-20-21-54(48,49)50;/h8-17,22-23,36H,4-7,18-21,24-27H2,1-3H3,(H,39,43)(H,40,45)(H,41,44)(H,48,49,50);1H3/t36-;/m1./s1. The molecule has 0 spiro atoms. The zero-order valence-corrected chi connectivity index (χ0v) is 34.0. The Labute approximate surface area is 328 Å². The second-order valence-electron chi connectivity index (χ2n) is 13.4. The predicted octanol–water partition coefficient (Wildman–Crippen LogP) is 5.22. The van der Waals surface area contributed by atoms with Gasteiger partial charge in [0.1, 0.15) is 11.8 Å². The quantitative estimate of drug-likeness (QED) is 0.0776. The second kappa shape index (κ2) is 20.7. The average molecular weight is 820 g/mol. The normalized spacial score (nSPS) is 15.0. The maximum absolute atomic E-state index is 14.4. The van der Waals surface area contributed by atoms with E-state index in [1.807, 2.05) is 42.7 Å². The molecule has 1 aliphatic rings. The molecule has 0 saturated heterocycles. The van der Waals surface area contributed by atoms with Gasteiger partial charge in [-0.25, -0.2) is 8.42 Å². The molecule has 3 amide bonds. The Kier molecular flexibility index (Phi) is 17.0. The van der Waals surface area contributed by atoms with Crippen molar-refractivity contribution in [3.63, 3.8) is 0 Å². The molecular formula is C38H53N5O9S3. The Balaban J connectivity index is 0.00000812. The third-order valence-electron chi connectivity index (χ3n) is 9.21. The molecule has 55 heavy (non-hydrogen) atoms. The number of fused-ring (bicyclic) bond motifs is 1. The van der Waals surface area contributed by atoms with Crippen LogP contribution in [0, 0.1) is 5.41 Å². The van der Waals surface area contributed by atoms with E-state index < -0.39 is 68.0 Å². The lowest BCUT2D eigenvalue weighted by molar-refractivity contribution is -0.131. The van der Waals surface area contributed by atoms with Crippen LogP contribution >= 0.6 is 11.8 Å². The number of nitrogens with zero attached hydrogens (tertiary/aromatic N) is 1. The number of ether oxygens (including phenoxy) is 1. The molecule has 14 nitrogen and oxygen atoms in total. The third-order valence-corrected chi connectivity index (χ3v) is 12.7. The van der Waals surface area contributed by atoms with Crippen LogP contribution in [-0.2, 0) is 34.3 Å². The fourth-order valence-electron chi connectivity index (χ4n) is 6.52. The first-order chi connectivity index (χ1) is 25.7. The summed E-state index contributed by atoms with van der Waals surface area (Å²) >= 11 is 1.36. The molecule has 0 saturated carbocycles. The fraction of sp³-hybridized carbons (Fsp3) is 0.447. The fourth-order valence-corrected chi connectivity index (χ4v) is 9.55. The van der Waals surface area contributed by atoms with Crippen molar-refractivity contribution in [1.29, 1.82) is 0 Å². The first-order valence-corrected chi connectivity index (χ1v) is 22.4. The summed E-state index contributed by atoms with van der Waals surface area (Å²) < 4.78 is 65.5. The van der Waals surface area contributed by atoms with E-state index in [0.717, 1.165) is 44.2 Å². The van der Waals surface area contributed by atoms with Crippen molar-refractivity contribution in [3.05, 3.63) is 78.4 Å². The van der Waals surface area contributed by atoms with Gasteiger partial charge in [0, 0.05) is 30.3 Å². The van der Waals surface area contributed by atoms with Gasteiger partial charge in [-0.1, -0.05) is 88.1 Å². The van der Waals surface area contributed by atoms with Crippen molar-refractivity contribution >= 4 is 60.8 Å². The highest BCUT2D eigenvalue weighted by molar-refractivity contribution is 7.98. The summed E-state index contributed by atoms with van der Waals surface area (Å²) in [7, 11) is -8.10. The van der Waals surface area contributed by atoms with Crippen molar-refractivity contribution in [2.75, 3.05) is 48.9 Å². The smallest absolute Gasteiger partial charge is 0.266 e. The van der Waals surface area contributed by atoms with Gasteiger partial charge in [0.25, 0.3) is 16.0 Å². The van der Waals surface area contributed by atoms with Crippen LogP contribution in [0.15, 0.2) is 82.6 Å². The first kappa shape index (κ1) is 45.2. The van der Waals surface area contributed by atoms with E-state index in [0.29, 0.717) is 22.7 Å². The SMILES string of the molecule is CCCCC1(CCCC)CN(c2ccccc2)c2cc(SC)c(OCC(=O)N[C@@H](C(=O)NCC(=O)NCCS(=O)(=O)O)c3ccccc3)cc2S(=O)(=O)C1.N. The number of para-hydroxylation sites is 1. The molecule has 0 bridgehead atoms. The van der Waals surface area contributed by atoms with Gasteiger partial charge in [-0.15, -0.1) is 11.8 Å². The lowest BCUT2D eigenvalue weighted by Gasteiger charge is -2.37. The van der Waals surface area contributed by atoms with Gasteiger partial charge >= 0.3 is 0 Å². The number of sulfone groups is 1. The summed E-state index contributed by atoms with van der Waals surface area (Å²) in [5.41, 5.74) is 1.38. The number of carbonyl (C=O) groups is 3. The molecule has 1 atom stereocenters. The van der Waals surface area contributed by atoms with Crippen LogP contribution in [-0.4, -0.2) is 83.1 Å². The Morgan fingerprint density at radius 1 is 0.945 bits per heavy atom. The largest absolute Gasteiger partial charge is 0.483 e. The van der Waals surface area contributed by atoms with Gasteiger partial charge in [-0.3, -0.25) is 18.9 Å². The zero-order chi connectivity index (χ0) is 39.4. The Bertz CT molecular complexity index is 1960. The Morgan fingerprint density at radius 2 is 1.56 bits per heavy atom. The minimum absolute atomic E-state index is 0. The van der Waals surface area contributed by atoms with Crippen molar-refractivity contribution in [1.82, 2.24) is 22.1 Å². The third kappa shape index (κ3) is 13.0. The molecule has 0 radical (unpaired) electrons. The number of hydrogen-bond donors (Lipinski definition) is 5. The van der Waals surface area contributed by atoms with Gasteiger partial charge in [0.2, 0.25) is 11.8 Å². The van der Waals surface area contributed by atoms with Crippen LogP contribution in [0.25, 0.3) is 0 Å². The molecule has 0 unspecified atom stereocenters. The molecule has 17 heteroatoms. The van der Waals surface area contributed by atoms with Gasteiger partial charge in [0.05, 0.1) is 33.5 Å². The van der Waals surface area contributed by atoms with Crippen molar-refractivity contribution in [2.45, 2.75) is 68.2 Å². The van der Waals surface area contributed by atoms with Gasteiger partial charge in [-0.05, 0) is 42.9 Å². The van der Waals surface area contributed by atoms with Gasteiger partial charge in [-0.2, -0.15) is 8.42 Å². The van der Waals surface area contributed by atoms with E-state index in [1.54, 1.807) is 30.3 Å². The molecule has 3 aromatic rings. The van der Waals surface area contributed by atoms with E-state index in [1.165, 1.54) is 17.8 Å². The number of benzene rings is 3. The summed E-state index contributed by atoms with van der Waals surface area (Å²) in [6.45, 7) is 3.35. The Morgan fingerprint density at radius 3 is 2.15 bits per heavy atom. The molecule has 0 aromatic heterocycles. The Hall–Kier alpha value is -4.16. The number of amides is 3. The first-order valence-electron chi connectivity index (χ1n) is 17.9. The molecule has 4 rings (SSSR count). The number of hydrogen-bond acceptors (Lipinski definition) is 11.